The summed E-state index contributed by atoms with van der Waals surface area (Å²) in [6, 6.07) is 5.91. The lowest BCUT2D eigenvalue weighted by atomic mass is 10.2. The highest BCUT2D eigenvalue weighted by Crippen LogP contribution is 2.31. The van der Waals surface area contributed by atoms with E-state index in [1.54, 1.807) is 18.4 Å². The first kappa shape index (κ1) is 14.2. The summed E-state index contributed by atoms with van der Waals surface area (Å²) in [6.07, 6.45) is 0. The van der Waals surface area contributed by atoms with Crippen molar-refractivity contribution in [2.45, 2.75) is 26.8 Å². The molecule has 3 nitrogen and oxygen atoms in total. The smallest absolute Gasteiger partial charge is 0.137 e. The fourth-order valence-electron chi connectivity index (χ4n) is 2.02. The Morgan fingerprint density at radius 3 is 2.63 bits per heavy atom. The maximum absolute atomic E-state index is 6.12. The lowest BCUT2D eigenvalue weighted by molar-refractivity contribution is 0.415. The molecule has 1 N–H and O–H groups in total. The molecule has 0 amide bonds. The molecule has 0 aliphatic rings. The number of anilines is 1. The van der Waals surface area contributed by atoms with Crippen LogP contribution in [-0.4, -0.2) is 12.1 Å². The number of aryl methyl sites for hydroxylation is 2. The summed E-state index contributed by atoms with van der Waals surface area (Å²) in [6.45, 7) is 6.19. The van der Waals surface area contributed by atoms with Crippen LogP contribution in [0.3, 0.4) is 0 Å². The first-order chi connectivity index (χ1) is 9.01. The van der Waals surface area contributed by atoms with E-state index in [1.165, 1.54) is 4.88 Å². The van der Waals surface area contributed by atoms with E-state index in [-0.39, 0.29) is 6.04 Å². The monoisotopic (exact) mass is 296 g/mol. The Bertz CT molecular complexity index is 583. The Hall–Kier alpha value is -1.26. The van der Waals surface area contributed by atoms with Gasteiger partial charge in [-0.2, -0.15) is 0 Å². The second kappa shape index (κ2) is 5.80. The predicted octanol–water partition coefficient (Wildman–Crippen LogP) is 4.60. The SMILES string of the molecule is COc1ccc(NC(C)c2sc(C)nc2C)cc1Cl. The van der Waals surface area contributed by atoms with Crippen LogP contribution in [0.2, 0.25) is 5.02 Å². The zero-order valence-electron chi connectivity index (χ0n) is 11.5. The van der Waals surface area contributed by atoms with Crippen molar-refractivity contribution in [3.05, 3.63) is 38.8 Å². The van der Waals surface area contributed by atoms with Crippen molar-refractivity contribution in [2.75, 3.05) is 12.4 Å². The van der Waals surface area contributed by atoms with Crippen LogP contribution in [-0.2, 0) is 0 Å². The summed E-state index contributed by atoms with van der Waals surface area (Å²) in [5, 5.41) is 5.13. The van der Waals surface area contributed by atoms with Crippen LogP contribution in [0, 0.1) is 13.8 Å². The average Bonchev–Trinajstić information content (AvgIpc) is 2.69. The van der Waals surface area contributed by atoms with Gasteiger partial charge in [-0.05, 0) is 39.0 Å². The molecule has 19 heavy (non-hydrogen) atoms. The molecule has 2 rings (SSSR count). The number of methoxy groups -OCH3 is 1. The van der Waals surface area contributed by atoms with Crippen molar-refractivity contribution in [1.82, 2.24) is 4.98 Å². The summed E-state index contributed by atoms with van der Waals surface area (Å²) in [5.41, 5.74) is 2.06. The number of halogens is 1. The number of hydrogen-bond donors (Lipinski definition) is 1. The molecule has 0 saturated carbocycles. The highest BCUT2D eigenvalue weighted by atomic mass is 35.5. The number of rotatable bonds is 4. The molecule has 0 fully saturated rings. The van der Waals surface area contributed by atoms with Crippen molar-refractivity contribution in [3.8, 4) is 5.75 Å². The summed E-state index contributed by atoms with van der Waals surface area (Å²) in [7, 11) is 1.61. The molecular weight excluding hydrogens is 280 g/mol. The Labute approximate surface area is 122 Å². The van der Waals surface area contributed by atoms with Gasteiger partial charge in [0.1, 0.15) is 5.75 Å². The van der Waals surface area contributed by atoms with Gasteiger partial charge in [0.15, 0.2) is 0 Å². The number of nitrogens with zero attached hydrogens (tertiary/aromatic N) is 1. The zero-order valence-corrected chi connectivity index (χ0v) is 13.0. The van der Waals surface area contributed by atoms with Crippen LogP contribution in [0.15, 0.2) is 18.2 Å². The van der Waals surface area contributed by atoms with E-state index < -0.39 is 0 Å². The number of benzene rings is 1. The zero-order chi connectivity index (χ0) is 14.0. The molecule has 5 heteroatoms. The first-order valence-corrected chi connectivity index (χ1v) is 7.24. The van der Waals surface area contributed by atoms with Gasteiger partial charge in [0, 0.05) is 10.6 Å². The molecular formula is C14H17ClN2OS. The third-order valence-electron chi connectivity index (χ3n) is 2.87. The molecule has 0 bridgehead atoms. The number of ether oxygens (including phenoxy) is 1. The fraction of sp³-hybridized carbons (Fsp3) is 0.357. The summed E-state index contributed by atoms with van der Waals surface area (Å²) < 4.78 is 5.14. The fourth-order valence-corrected chi connectivity index (χ4v) is 3.21. The lowest BCUT2D eigenvalue weighted by Gasteiger charge is -2.15. The van der Waals surface area contributed by atoms with E-state index in [2.05, 4.69) is 17.2 Å². The highest BCUT2D eigenvalue weighted by molar-refractivity contribution is 7.11. The minimum atomic E-state index is 0.204. The Morgan fingerprint density at radius 2 is 2.11 bits per heavy atom. The number of thiazole rings is 1. The summed E-state index contributed by atoms with van der Waals surface area (Å²) in [4.78, 5) is 5.71. The lowest BCUT2D eigenvalue weighted by Crippen LogP contribution is -2.06. The predicted molar refractivity (Wildman–Crippen MR) is 81.6 cm³/mol. The van der Waals surface area contributed by atoms with Gasteiger partial charge in [-0.25, -0.2) is 4.98 Å². The Kier molecular flexibility index (Phi) is 4.32. The molecule has 1 aromatic carbocycles. The quantitative estimate of drug-likeness (QED) is 0.895. The van der Waals surface area contributed by atoms with Gasteiger partial charge in [-0.3, -0.25) is 0 Å². The van der Waals surface area contributed by atoms with Gasteiger partial charge in [-0.15, -0.1) is 11.3 Å². The van der Waals surface area contributed by atoms with Gasteiger partial charge >= 0.3 is 0 Å². The van der Waals surface area contributed by atoms with Crippen LogP contribution < -0.4 is 10.1 Å². The van der Waals surface area contributed by atoms with Gasteiger partial charge in [0.25, 0.3) is 0 Å². The van der Waals surface area contributed by atoms with Crippen LogP contribution >= 0.6 is 22.9 Å². The third-order valence-corrected chi connectivity index (χ3v) is 4.42. The van der Waals surface area contributed by atoms with Crippen molar-refractivity contribution >= 4 is 28.6 Å². The molecule has 1 heterocycles. The van der Waals surface area contributed by atoms with Gasteiger partial charge < -0.3 is 10.1 Å². The molecule has 1 unspecified atom stereocenters. The number of aromatic nitrogens is 1. The van der Waals surface area contributed by atoms with Crippen molar-refractivity contribution in [1.29, 1.82) is 0 Å². The molecule has 102 valence electrons. The van der Waals surface area contributed by atoms with Crippen molar-refractivity contribution < 1.29 is 4.74 Å². The maximum atomic E-state index is 6.12. The Morgan fingerprint density at radius 1 is 1.37 bits per heavy atom. The second-order valence-electron chi connectivity index (χ2n) is 4.40. The number of hydrogen-bond acceptors (Lipinski definition) is 4. The summed E-state index contributed by atoms with van der Waals surface area (Å²) >= 11 is 7.84. The van der Waals surface area contributed by atoms with Crippen molar-refractivity contribution in [3.63, 3.8) is 0 Å². The average molecular weight is 297 g/mol. The van der Waals surface area contributed by atoms with E-state index in [4.69, 9.17) is 16.3 Å². The molecule has 0 radical (unpaired) electrons. The maximum Gasteiger partial charge on any atom is 0.137 e. The highest BCUT2D eigenvalue weighted by Gasteiger charge is 2.13. The van der Waals surface area contributed by atoms with E-state index in [0.29, 0.717) is 10.8 Å². The van der Waals surface area contributed by atoms with Crippen LogP contribution in [0.4, 0.5) is 5.69 Å². The van der Waals surface area contributed by atoms with Gasteiger partial charge in [0.05, 0.1) is 28.9 Å². The number of nitrogens with one attached hydrogen (secondary N) is 1. The molecule has 0 saturated heterocycles. The van der Waals surface area contributed by atoms with Crippen LogP contribution in [0.1, 0.15) is 28.5 Å². The van der Waals surface area contributed by atoms with Crippen LogP contribution in [0.25, 0.3) is 0 Å². The standard InChI is InChI=1S/C14H17ClN2OS/c1-8-14(19-10(3)16-8)9(2)17-11-5-6-13(18-4)12(15)7-11/h5-7,9,17H,1-4H3. The van der Waals surface area contributed by atoms with E-state index in [1.807, 2.05) is 32.0 Å². The van der Waals surface area contributed by atoms with Crippen LogP contribution in [0.5, 0.6) is 5.75 Å². The normalized spacial score (nSPS) is 12.3. The molecule has 0 aliphatic heterocycles. The second-order valence-corrected chi connectivity index (χ2v) is 6.04. The molecule has 0 spiro atoms. The minimum Gasteiger partial charge on any atom is -0.495 e. The van der Waals surface area contributed by atoms with E-state index in [0.717, 1.165) is 16.4 Å². The molecule has 0 aliphatic carbocycles. The molecule has 1 aromatic heterocycles. The van der Waals surface area contributed by atoms with E-state index in [9.17, 15) is 0 Å². The largest absolute Gasteiger partial charge is 0.495 e. The van der Waals surface area contributed by atoms with Gasteiger partial charge in [0.2, 0.25) is 0 Å². The third kappa shape index (κ3) is 3.19. The Balaban J connectivity index is 2.17. The topological polar surface area (TPSA) is 34.1 Å². The first-order valence-electron chi connectivity index (χ1n) is 6.05. The summed E-state index contributed by atoms with van der Waals surface area (Å²) in [5.74, 6) is 0.685. The minimum absolute atomic E-state index is 0.204. The van der Waals surface area contributed by atoms with Crippen molar-refractivity contribution in [2.24, 2.45) is 0 Å². The molecule has 1 atom stereocenters. The van der Waals surface area contributed by atoms with Gasteiger partial charge in [-0.1, -0.05) is 11.6 Å². The van der Waals surface area contributed by atoms with E-state index >= 15 is 0 Å². The molecule has 2 aromatic rings.